The predicted molar refractivity (Wildman–Crippen MR) is 123 cm³/mol. The van der Waals surface area contributed by atoms with Crippen molar-refractivity contribution in [2.75, 3.05) is 26.4 Å². The highest BCUT2D eigenvalue weighted by Gasteiger charge is 2.49. The van der Waals surface area contributed by atoms with E-state index in [1.54, 1.807) is 37.3 Å². The molecule has 1 saturated heterocycles. The number of hydrogen-bond donors (Lipinski definition) is 1. The van der Waals surface area contributed by atoms with Gasteiger partial charge in [0.15, 0.2) is 23.3 Å². The maximum absolute atomic E-state index is 12.8. The lowest BCUT2D eigenvalue weighted by molar-refractivity contribution is -0.127. The van der Waals surface area contributed by atoms with Gasteiger partial charge < -0.3 is 14.7 Å². The highest BCUT2D eigenvalue weighted by Crippen LogP contribution is 2.27. The van der Waals surface area contributed by atoms with E-state index in [9.17, 15) is 9.59 Å². The van der Waals surface area contributed by atoms with Crippen molar-refractivity contribution in [1.29, 1.82) is 0 Å². The van der Waals surface area contributed by atoms with Gasteiger partial charge in [0, 0.05) is 45.3 Å². The maximum Gasteiger partial charge on any atom is 0.325 e. The van der Waals surface area contributed by atoms with Gasteiger partial charge in [0.1, 0.15) is 0 Å². The number of nitrogens with one attached hydrogen (secondary N) is 1. The quantitative estimate of drug-likeness (QED) is 0.505. The normalized spacial score (nSPS) is 21.2. The lowest BCUT2D eigenvalue weighted by Crippen LogP contribution is -2.64. The number of guanidine groups is 1. The number of urea groups is 1. The number of carbonyl (C=O) groups excluding carboxylic acids is 2. The van der Waals surface area contributed by atoms with E-state index < -0.39 is 18.2 Å². The van der Waals surface area contributed by atoms with Crippen LogP contribution in [0.3, 0.4) is 0 Å². The Morgan fingerprint density at radius 2 is 1.88 bits per heavy atom. The average Bonchev–Trinajstić information content (AvgIpc) is 3.17. The summed E-state index contributed by atoms with van der Waals surface area (Å²) in [6.45, 7) is 3.40. The van der Waals surface area contributed by atoms with Crippen molar-refractivity contribution in [2.45, 2.75) is 30.8 Å². The molecule has 3 heterocycles. The Kier molecular flexibility index (Phi) is 6.59. The SMILES string of the molecule is CC(CSc1ncccn1)CN1C(N(C)Cc2ccccc2)=NC2C1C(=O)NC(=O)N2C. The van der Waals surface area contributed by atoms with Gasteiger partial charge >= 0.3 is 6.03 Å². The second kappa shape index (κ2) is 9.56. The Morgan fingerprint density at radius 1 is 1.16 bits per heavy atom. The molecule has 1 N–H and O–H groups in total. The molecule has 2 aliphatic rings. The van der Waals surface area contributed by atoms with E-state index in [1.807, 2.05) is 35.0 Å². The van der Waals surface area contributed by atoms with Crippen molar-refractivity contribution < 1.29 is 9.59 Å². The highest BCUT2D eigenvalue weighted by atomic mass is 32.2. The lowest BCUT2D eigenvalue weighted by Gasteiger charge is -2.38. The van der Waals surface area contributed by atoms with Crippen LogP contribution in [0.15, 0.2) is 58.9 Å². The first-order chi connectivity index (χ1) is 15.4. The molecule has 0 spiro atoms. The number of aromatic nitrogens is 2. The molecule has 1 aromatic carbocycles. The number of benzene rings is 1. The number of rotatable bonds is 7. The smallest absolute Gasteiger partial charge is 0.325 e. The average molecular weight is 454 g/mol. The van der Waals surface area contributed by atoms with Gasteiger partial charge in [-0.15, -0.1) is 0 Å². The highest BCUT2D eigenvalue weighted by molar-refractivity contribution is 7.99. The number of hydrogen-bond acceptors (Lipinski definition) is 8. The van der Waals surface area contributed by atoms with Crippen molar-refractivity contribution in [3.8, 4) is 0 Å². The zero-order chi connectivity index (χ0) is 22.7. The van der Waals surface area contributed by atoms with Gasteiger partial charge in [-0.1, -0.05) is 49.0 Å². The molecule has 3 atom stereocenters. The molecule has 3 amide bonds. The largest absolute Gasteiger partial charge is 0.341 e. The number of thioether (sulfide) groups is 1. The fourth-order valence-corrected chi connectivity index (χ4v) is 4.73. The molecule has 1 fully saturated rings. The summed E-state index contributed by atoms with van der Waals surface area (Å²) in [5.41, 5.74) is 1.14. The Balaban J connectivity index is 1.52. The van der Waals surface area contributed by atoms with Gasteiger partial charge in [-0.05, 0) is 17.5 Å². The Labute approximate surface area is 191 Å². The number of carbonyl (C=O) groups is 2. The standard InChI is InChI=1S/C22H27N7O2S/c1-15(14-32-20-23-10-7-11-24-20)12-29-17-18(28(3)22(31)26-19(17)30)25-21(29)27(2)13-16-8-5-4-6-9-16/h4-11,15,17-18H,12-14H2,1-3H3,(H,26,30,31). The van der Waals surface area contributed by atoms with Gasteiger partial charge in [0.25, 0.3) is 5.91 Å². The number of imide groups is 1. The molecule has 0 bridgehead atoms. The number of fused-ring (bicyclic) bond motifs is 1. The second-order valence-electron chi connectivity index (χ2n) is 8.13. The van der Waals surface area contributed by atoms with E-state index in [-0.39, 0.29) is 11.8 Å². The van der Waals surface area contributed by atoms with Crippen LogP contribution in [0.5, 0.6) is 0 Å². The number of likely N-dealkylation sites (N-methyl/N-ethyl adjacent to an activating group) is 1. The minimum Gasteiger partial charge on any atom is -0.341 e. The van der Waals surface area contributed by atoms with Crippen LogP contribution >= 0.6 is 11.8 Å². The van der Waals surface area contributed by atoms with Crippen molar-refractivity contribution in [3.05, 3.63) is 54.4 Å². The first-order valence-corrected chi connectivity index (χ1v) is 11.5. The van der Waals surface area contributed by atoms with Crippen LogP contribution in [0.1, 0.15) is 12.5 Å². The molecule has 32 heavy (non-hydrogen) atoms. The van der Waals surface area contributed by atoms with Gasteiger partial charge in [-0.25, -0.2) is 19.8 Å². The van der Waals surface area contributed by atoms with Crippen molar-refractivity contribution in [2.24, 2.45) is 10.9 Å². The Bertz CT molecular complexity index is 988. The minimum atomic E-state index is -0.550. The Morgan fingerprint density at radius 3 is 2.59 bits per heavy atom. The molecule has 168 valence electrons. The van der Waals surface area contributed by atoms with E-state index >= 15 is 0 Å². The third kappa shape index (κ3) is 4.69. The van der Waals surface area contributed by atoms with E-state index in [4.69, 9.17) is 4.99 Å². The van der Waals surface area contributed by atoms with Crippen LogP contribution in [-0.4, -0.2) is 81.2 Å². The first kappa shape index (κ1) is 22.1. The summed E-state index contributed by atoms with van der Waals surface area (Å²) in [5.74, 6) is 1.43. The Hall–Kier alpha value is -3.14. The third-order valence-corrected chi connectivity index (χ3v) is 6.69. The van der Waals surface area contributed by atoms with Crippen molar-refractivity contribution in [1.82, 2.24) is 30.0 Å². The van der Waals surface area contributed by atoms with Crippen LogP contribution in [0.2, 0.25) is 0 Å². The van der Waals surface area contributed by atoms with E-state index in [0.29, 0.717) is 19.0 Å². The molecule has 4 rings (SSSR count). The first-order valence-electron chi connectivity index (χ1n) is 10.5. The zero-order valence-corrected chi connectivity index (χ0v) is 19.2. The summed E-state index contributed by atoms with van der Waals surface area (Å²) in [4.78, 5) is 43.9. The van der Waals surface area contributed by atoms with Crippen LogP contribution in [0.4, 0.5) is 4.79 Å². The van der Waals surface area contributed by atoms with Gasteiger partial charge in [0.05, 0.1) is 0 Å². The van der Waals surface area contributed by atoms with Crippen LogP contribution < -0.4 is 5.32 Å². The lowest BCUT2D eigenvalue weighted by atomic mass is 10.1. The molecule has 3 unspecified atom stereocenters. The number of nitrogens with zero attached hydrogens (tertiary/aromatic N) is 6. The zero-order valence-electron chi connectivity index (χ0n) is 18.4. The molecule has 2 aliphatic heterocycles. The van der Waals surface area contributed by atoms with E-state index in [0.717, 1.165) is 16.5 Å². The maximum atomic E-state index is 12.8. The van der Waals surface area contributed by atoms with Crippen LogP contribution in [-0.2, 0) is 11.3 Å². The van der Waals surface area contributed by atoms with Gasteiger partial charge in [-0.2, -0.15) is 0 Å². The summed E-state index contributed by atoms with van der Waals surface area (Å²) in [6, 6.07) is 10.9. The van der Waals surface area contributed by atoms with E-state index in [1.165, 1.54) is 4.90 Å². The van der Waals surface area contributed by atoms with E-state index in [2.05, 4.69) is 34.3 Å². The molecule has 2 aromatic rings. The summed E-state index contributed by atoms with van der Waals surface area (Å²) in [6.07, 6.45) is 2.92. The molecule has 10 heteroatoms. The summed E-state index contributed by atoms with van der Waals surface area (Å²) in [5, 5.41) is 3.19. The molecule has 1 aromatic heterocycles. The van der Waals surface area contributed by atoms with Crippen molar-refractivity contribution >= 4 is 29.7 Å². The topological polar surface area (TPSA) is 94.0 Å². The minimum absolute atomic E-state index is 0.230. The number of amides is 3. The summed E-state index contributed by atoms with van der Waals surface area (Å²) >= 11 is 1.59. The fraction of sp³-hybridized carbons (Fsp3) is 0.409. The fourth-order valence-electron chi connectivity index (χ4n) is 3.92. The molecule has 0 radical (unpaired) electrons. The molecular weight excluding hydrogens is 426 g/mol. The molecule has 0 saturated carbocycles. The third-order valence-electron chi connectivity index (χ3n) is 5.49. The second-order valence-corrected chi connectivity index (χ2v) is 9.12. The molecular formula is C22H27N7O2S. The monoisotopic (exact) mass is 453 g/mol. The van der Waals surface area contributed by atoms with Gasteiger partial charge in [-0.3, -0.25) is 10.1 Å². The van der Waals surface area contributed by atoms with Crippen LogP contribution in [0.25, 0.3) is 0 Å². The summed E-state index contributed by atoms with van der Waals surface area (Å²) < 4.78 is 0. The predicted octanol–water partition coefficient (Wildman–Crippen LogP) is 1.88. The number of aliphatic imine (C=N–C) groups is 1. The van der Waals surface area contributed by atoms with Crippen molar-refractivity contribution in [3.63, 3.8) is 0 Å². The summed E-state index contributed by atoms with van der Waals surface area (Å²) in [7, 11) is 3.64. The van der Waals surface area contributed by atoms with Gasteiger partial charge in [0.2, 0.25) is 0 Å². The molecule has 0 aliphatic carbocycles. The van der Waals surface area contributed by atoms with Crippen LogP contribution in [0, 0.1) is 5.92 Å². The molecule has 9 nitrogen and oxygen atoms in total.